The fourth-order valence-corrected chi connectivity index (χ4v) is 1.08. The van der Waals surface area contributed by atoms with Gasteiger partial charge >= 0.3 is 0 Å². The molecule has 14 heavy (non-hydrogen) atoms. The normalized spacial score (nSPS) is 10.7. The van der Waals surface area contributed by atoms with E-state index in [4.69, 9.17) is 21.2 Å². The van der Waals surface area contributed by atoms with Gasteiger partial charge < -0.3 is 11.5 Å². The van der Waals surface area contributed by atoms with E-state index >= 15 is 0 Å². The summed E-state index contributed by atoms with van der Waals surface area (Å²) in [6.45, 7) is 2.88. The van der Waals surface area contributed by atoms with Crippen molar-refractivity contribution in [3.05, 3.63) is 0 Å². The first-order valence-corrected chi connectivity index (χ1v) is 5.56. The molecule has 0 saturated heterocycles. The van der Waals surface area contributed by atoms with Crippen LogP contribution in [0.5, 0.6) is 0 Å². The molecule has 0 aliphatic rings. The highest BCUT2D eigenvalue weighted by molar-refractivity contribution is 4.41. The van der Waals surface area contributed by atoms with Crippen LogP contribution >= 0.6 is 0 Å². The third-order valence-corrected chi connectivity index (χ3v) is 1.95. The summed E-state index contributed by atoms with van der Waals surface area (Å²) in [5.74, 6) is 0. The van der Waals surface area contributed by atoms with E-state index in [1.807, 2.05) is 0 Å². The maximum absolute atomic E-state index is 5.36. The topological polar surface area (TPSA) is 70.5 Å². The molecule has 0 bridgehead atoms. The Labute approximate surface area is 86.9 Å². The Kier molecular flexibility index (Phi) is 12.7. The minimum Gasteiger partial charge on any atom is -0.330 e. The summed E-state index contributed by atoms with van der Waals surface area (Å²) in [5.41, 5.74) is 10.7. The zero-order chi connectivity index (χ0) is 10.5. The van der Waals surface area contributed by atoms with Gasteiger partial charge in [0.25, 0.3) is 0 Å². The van der Waals surface area contributed by atoms with Crippen LogP contribution in [0.25, 0.3) is 0 Å². The zero-order valence-electron chi connectivity index (χ0n) is 9.04. The number of hydrogen-bond donors (Lipinski definition) is 2. The molecule has 0 heterocycles. The van der Waals surface area contributed by atoms with Crippen molar-refractivity contribution in [3.63, 3.8) is 0 Å². The second-order valence-corrected chi connectivity index (χ2v) is 3.34. The van der Waals surface area contributed by atoms with Gasteiger partial charge in [-0.25, -0.2) is 9.78 Å². The van der Waals surface area contributed by atoms with Crippen LogP contribution in [0.3, 0.4) is 0 Å². The van der Waals surface area contributed by atoms with E-state index in [1.165, 1.54) is 0 Å². The van der Waals surface area contributed by atoms with Crippen LogP contribution in [-0.2, 0) is 9.78 Å². The van der Waals surface area contributed by atoms with E-state index in [0.717, 1.165) is 51.6 Å². The van der Waals surface area contributed by atoms with Gasteiger partial charge in [0.1, 0.15) is 0 Å². The first-order chi connectivity index (χ1) is 6.91. The molecule has 0 saturated carbocycles. The van der Waals surface area contributed by atoms with Crippen LogP contribution in [0.4, 0.5) is 0 Å². The molecule has 4 N–H and O–H groups in total. The largest absolute Gasteiger partial charge is 0.330 e. The zero-order valence-corrected chi connectivity index (χ0v) is 9.04. The van der Waals surface area contributed by atoms with Crippen molar-refractivity contribution >= 4 is 0 Å². The van der Waals surface area contributed by atoms with Crippen molar-refractivity contribution < 1.29 is 9.78 Å². The van der Waals surface area contributed by atoms with Gasteiger partial charge in [0.15, 0.2) is 0 Å². The van der Waals surface area contributed by atoms with Gasteiger partial charge in [-0.3, -0.25) is 0 Å². The van der Waals surface area contributed by atoms with E-state index < -0.39 is 0 Å². The summed E-state index contributed by atoms with van der Waals surface area (Å²) in [6, 6.07) is 0. The Bertz CT molecular complexity index is 90.1. The predicted molar refractivity (Wildman–Crippen MR) is 57.7 cm³/mol. The molecule has 0 spiro atoms. The summed E-state index contributed by atoms with van der Waals surface area (Å²) in [4.78, 5) is 9.98. The van der Waals surface area contributed by atoms with Gasteiger partial charge in [-0.1, -0.05) is 0 Å². The van der Waals surface area contributed by atoms with Gasteiger partial charge in [0.2, 0.25) is 0 Å². The molecule has 0 radical (unpaired) electrons. The van der Waals surface area contributed by atoms with Crippen molar-refractivity contribution in [1.82, 2.24) is 0 Å². The fraction of sp³-hybridized carbons (Fsp3) is 1.00. The SMILES string of the molecule is NCCCCCOOCCCCCN. The number of rotatable bonds is 11. The monoisotopic (exact) mass is 204 g/mol. The van der Waals surface area contributed by atoms with Gasteiger partial charge in [0, 0.05) is 0 Å². The minimum absolute atomic E-state index is 0.677. The molecule has 0 unspecified atom stereocenters. The molecule has 0 aromatic carbocycles. The van der Waals surface area contributed by atoms with E-state index in [0.29, 0.717) is 13.2 Å². The van der Waals surface area contributed by atoms with Gasteiger partial charge in [-0.15, -0.1) is 0 Å². The smallest absolute Gasteiger partial charge is 0.0822 e. The molecule has 0 aliphatic carbocycles. The molecule has 0 atom stereocenters. The predicted octanol–water partition coefficient (Wildman–Crippen LogP) is 1.19. The van der Waals surface area contributed by atoms with Crippen LogP contribution in [-0.4, -0.2) is 26.3 Å². The van der Waals surface area contributed by atoms with Gasteiger partial charge in [0.05, 0.1) is 13.2 Å². The highest BCUT2D eigenvalue weighted by Crippen LogP contribution is 1.97. The third-order valence-electron chi connectivity index (χ3n) is 1.95. The fourth-order valence-electron chi connectivity index (χ4n) is 1.08. The lowest BCUT2D eigenvalue weighted by Crippen LogP contribution is -2.02. The minimum atomic E-state index is 0.677. The lowest BCUT2D eigenvalue weighted by Gasteiger charge is -2.03. The first-order valence-electron chi connectivity index (χ1n) is 5.56. The Hall–Kier alpha value is -0.160. The van der Waals surface area contributed by atoms with Crippen molar-refractivity contribution in [2.75, 3.05) is 26.3 Å². The standard InChI is InChI=1S/C10H24N2O2/c11-7-3-1-5-9-13-14-10-6-2-4-8-12/h1-12H2. The summed E-state index contributed by atoms with van der Waals surface area (Å²) < 4.78 is 0. The van der Waals surface area contributed by atoms with E-state index in [-0.39, 0.29) is 0 Å². The molecule has 4 heteroatoms. The molecule has 0 amide bonds. The maximum atomic E-state index is 5.36. The van der Waals surface area contributed by atoms with Crippen LogP contribution in [0.1, 0.15) is 38.5 Å². The van der Waals surface area contributed by atoms with Crippen molar-refractivity contribution in [2.45, 2.75) is 38.5 Å². The summed E-state index contributed by atoms with van der Waals surface area (Å²) in [7, 11) is 0. The van der Waals surface area contributed by atoms with Crippen molar-refractivity contribution in [1.29, 1.82) is 0 Å². The highest BCUT2D eigenvalue weighted by atomic mass is 17.2. The summed E-state index contributed by atoms with van der Waals surface area (Å²) in [5, 5.41) is 0. The Morgan fingerprint density at radius 1 is 0.571 bits per heavy atom. The summed E-state index contributed by atoms with van der Waals surface area (Å²) >= 11 is 0. The molecule has 86 valence electrons. The molecule has 0 aromatic rings. The lowest BCUT2D eigenvalue weighted by molar-refractivity contribution is -0.295. The third kappa shape index (κ3) is 11.8. The average Bonchev–Trinajstić information content (AvgIpc) is 2.21. The molecule has 0 rings (SSSR count). The van der Waals surface area contributed by atoms with E-state index in [1.54, 1.807) is 0 Å². The van der Waals surface area contributed by atoms with Crippen LogP contribution in [0.15, 0.2) is 0 Å². The molecular formula is C10H24N2O2. The molecule has 0 fully saturated rings. The summed E-state index contributed by atoms with van der Waals surface area (Å²) in [6.07, 6.45) is 6.43. The van der Waals surface area contributed by atoms with Crippen LogP contribution < -0.4 is 11.5 Å². The second-order valence-electron chi connectivity index (χ2n) is 3.34. The van der Waals surface area contributed by atoms with Gasteiger partial charge in [-0.05, 0) is 51.6 Å². The lowest BCUT2D eigenvalue weighted by atomic mass is 10.2. The maximum Gasteiger partial charge on any atom is 0.0822 e. The quantitative estimate of drug-likeness (QED) is 0.301. The van der Waals surface area contributed by atoms with Crippen molar-refractivity contribution in [3.8, 4) is 0 Å². The van der Waals surface area contributed by atoms with Gasteiger partial charge in [-0.2, -0.15) is 0 Å². The first kappa shape index (κ1) is 13.8. The van der Waals surface area contributed by atoms with Crippen LogP contribution in [0.2, 0.25) is 0 Å². The molecular weight excluding hydrogens is 180 g/mol. The second kappa shape index (κ2) is 12.8. The van der Waals surface area contributed by atoms with Crippen molar-refractivity contribution in [2.24, 2.45) is 11.5 Å². The molecule has 0 aliphatic heterocycles. The number of hydrogen-bond acceptors (Lipinski definition) is 4. The average molecular weight is 204 g/mol. The highest BCUT2D eigenvalue weighted by Gasteiger charge is 1.91. The number of nitrogens with two attached hydrogens (primary N) is 2. The van der Waals surface area contributed by atoms with E-state index in [9.17, 15) is 0 Å². The Morgan fingerprint density at radius 2 is 1.00 bits per heavy atom. The van der Waals surface area contributed by atoms with Crippen LogP contribution in [0, 0.1) is 0 Å². The van der Waals surface area contributed by atoms with E-state index in [2.05, 4.69) is 0 Å². The number of unbranched alkanes of at least 4 members (excludes halogenated alkanes) is 4. The molecule has 4 nitrogen and oxygen atoms in total. The Morgan fingerprint density at radius 3 is 1.36 bits per heavy atom. The molecule has 0 aromatic heterocycles. The Balaban J connectivity index is 2.78.